The van der Waals surface area contributed by atoms with E-state index < -0.39 is 0 Å². The van der Waals surface area contributed by atoms with Crippen molar-refractivity contribution in [2.24, 2.45) is 11.7 Å². The lowest BCUT2D eigenvalue weighted by atomic mass is 9.94. The van der Waals surface area contributed by atoms with Gasteiger partial charge in [-0.3, -0.25) is 0 Å². The van der Waals surface area contributed by atoms with E-state index in [1.807, 2.05) is 0 Å². The Kier molecular flexibility index (Phi) is 3.48. The van der Waals surface area contributed by atoms with E-state index in [2.05, 4.69) is 41.7 Å². The van der Waals surface area contributed by atoms with E-state index in [-0.39, 0.29) is 6.04 Å². The maximum Gasteiger partial charge on any atom is 0.0341 e. The van der Waals surface area contributed by atoms with Crippen LogP contribution in [0.4, 0.5) is 0 Å². The zero-order chi connectivity index (χ0) is 12.4. The van der Waals surface area contributed by atoms with Gasteiger partial charge < -0.3 is 11.1 Å². The molecule has 1 aromatic rings. The van der Waals surface area contributed by atoms with E-state index >= 15 is 0 Å². The molecule has 3 N–H and O–H groups in total. The molecule has 1 aromatic carbocycles. The van der Waals surface area contributed by atoms with Crippen molar-refractivity contribution < 1.29 is 0 Å². The molecule has 2 aliphatic rings. The average Bonchev–Trinajstić information content (AvgIpc) is 2.75. The summed E-state index contributed by atoms with van der Waals surface area (Å²) in [7, 11) is 0. The number of hydrogen-bond acceptors (Lipinski definition) is 2. The van der Waals surface area contributed by atoms with Crippen LogP contribution < -0.4 is 11.1 Å². The molecule has 0 aromatic heterocycles. The number of allylic oxidation sites excluding steroid dienone is 2. The van der Waals surface area contributed by atoms with Gasteiger partial charge in [0.25, 0.3) is 0 Å². The molecule has 2 aliphatic carbocycles. The van der Waals surface area contributed by atoms with Crippen LogP contribution in [0.1, 0.15) is 48.9 Å². The van der Waals surface area contributed by atoms with Crippen LogP contribution in [-0.2, 0) is 0 Å². The number of fused-ring (bicyclic) bond motifs is 1. The molecular formula is C16H22N2. The highest BCUT2D eigenvalue weighted by molar-refractivity contribution is 5.37. The second-order valence-corrected chi connectivity index (χ2v) is 5.58. The first-order valence-electron chi connectivity index (χ1n) is 7.07. The largest absolute Gasteiger partial charge is 0.324 e. The molecule has 0 spiro atoms. The molecule has 0 aliphatic heterocycles. The Hall–Kier alpha value is -1.12. The molecule has 2 nitrogen and oxygen atoms in total. The third-order valence-corrected chi connectivity index (χ3v) is 4.29. The molecule has 18 heavy (non-hydrogen) atoms. The minimum atomic E-state index is 0.213. The lowest BCUT2D eigenvalue weighted by molar-refractivity contribution is 0.397. The molecular weight excluding hydrogens is 220 g/mol. The van der Waals surface area contributed by atoms with Crippen LogP contribution in [0.5, 0.6) is 0 Å². The smallest absolute Gasteiger partial charge is 0.0341 e. The Morgan fingerprint density at radius 1 is 1.17 bits per heavy atom. The van der Waals surface area contributed by atoms with Crippen molar-refractivity contribution in [3.05, 3.63) is 47.5 Å². The van der Waals surface area contributed by atoms with Gasteiger partial charge in [-0.05, 0) is 49.3 Å². The molecule has 0 amide bonds. The van der Waals surface area contributed by atoms with Crippen molar-refractivity contribution in [2.75, 3.05) is 6.54 Å². The van der Waals surface area contributed by atoms with Crippen LogP contribution in [0, 0.1) is 5.92 Å². The third kappa shape index (κ3) is 2.36. The van der Waals surface area contributed by atoms with E-state index in [9.17, 15) is 0 Å². The van der Waals surface area contributed by atoms with Crippen LogP contribution in [0.2, 0.25) is 0 Å². The predicted octanol–water partition coefficient (Wildman–Crippen LogP) is 3.08. The van der Waals surface area contributed by atoms with Crippen LogP contribution in [-0.4, -0.2) is 6.54 Å². The molecule has 3 unspecified atom stereocenters. The number of nitrogens with two attached hydrogens (primary N) is 1. The summed E-state index contributed by atoms with van der Waals surface area (Å²) in [6.07, 6.45) is 9.47. The van der Waals surface area contributed by atoms with Crippen molar-refractivity contribution >= 4 is 0 Å². The van der Waals surface area contributed by atoms with E-state index in [1.165, 1.54) is 30.4 Å². The summed E-state index contributed by atoms with van der Waals surface area (Å²) >= 11 is 0. The van der Waals surface area contributed by atoms with E-state index in [0.717, 1.165) is 18.9 Å². The first-order valence-corrected chi connectivity index (χ1v) is 7.07. The Balaban J connectivity index is 1.63. The first-order chi connectivity index (χ1) is 8.84. The number of hydrogen-bond donors (Lipinski definition) is 2. The summed E-state index contributed by atoms with van der Waals surface area (Å²) in [5, 5.41) is 3.72. The lowest BCUT2D eigenvalue weighted by Crippen LogP contribution is -2.27. The predicted molar refractivity (Wildman–Crippen MR) is 75.2 cm³/mol. The minimum Gasteiger partial charge on any atom is -0.324 e. The van der Waals surface area contributed by atoms with Gasteiger partial charge in [-0.1, -0.05) is 36.4 Å². The monoisotopic (exact) mass is 242 g/mol. The summed E-state index contributed by atoms with van der Waals surface area (Å²) in [4.78, 5) is 0. The summed E-state index contributed by atoms with van der Waals surface area (Å²) in [6.45, 7) is 1.12. The third-order valence-electron chi connectivity index (χ3n) is 4.29. The zero-order valence-corrected chi connectivity index (χ0v) is 10.8. The Morgan fingerprint density at radius 2 is 2.00 bits per heavy atom. The molecule has 0 bridgehead atoms. The van der Waals surface area contributed by atoms with Gasteiger partial charge in [0, 0.05) is 12.1 Å². The van der Waals surface area contributed by atoms with Gasteiger partial charge in [0.2, 0.25) is 0 Å². The zero-order valence-electron chi connectivity index (χ0n) is 10.8. The van der Waals surface area contributed by atoms with Crippen molar-refractivity contribution in [1.29, 1.82) is 0 Å². The summed E-state index contributed by atoms with van der Waals surface area (Å²) in [5.41, 5.74) is 8.94. The fourth-order valence-corrected chi connectivity index (χ4v) is 3.22. The highest BCUT2D eigenvalue weighted by atomic mass is 14.9. The molecule has 0 radical (unpaired) electrons. The number of nitrogens with one attached hydrogen (secondary N) is 1. The van der Waals surface area contributed by atoms with Crippen LogP contribution >= 0.6 is 0 Å². The van der Waals surface area contributed by atoms with E-state index in [0.29, 0.717) is 6.04 Å². The van der Waals surface area contributed by atoms with Gasteiger partial charge in [0.05, 0.1) is 0 Å². The Labute approximate surface area is 109 Å². The van der Waals surface area contributed by atoms with Gasteiger partial charge in [-0.15, -0.1) is 0 Å². The van der Waals surface area contributed by atoms with Crippen molar-refractivity contribution in [3.63, 3.8) is 0 Å². The van der Waals surface area contributed by atoms with Gasteiger partial charge in [0.1, 0.15) is 0 Å². The Bertz CT molecular complexity index is 438. The van der Waals surface area contributed by atoms with Gasteiger partial charge >= 0.3 is 0 Å². The van der Waals surface area contributed by atoms with E-state index in [4.69, 9.17) is 5.73 Å². The van der Waals surface area contributed by atoms with Crippen molar-refractivity contribution in [2.45, 2.75) is 37.8 Å². The second kappa shape index (κ2) is 5.25. The molecule has 3 rings (SSSR count). The van der Waals surface area contributed by atoms with Crippen molar-refractivity contribution in [3.8, 4) is 0 Å². The topological polar surface area (TPSA) is 38.0 Å². The number of benzene rings is 1. The van der Waals surface area contributed by atoms with Crippen LogP contribution in [0.3, 0.4) is 0 Å². The molecule has 0 saturated carbocycles. The average molecular weight is 242 g/mol. The summed E-state index contributed by atoms with van der Waals surface area (Å²) in [5.74, 6) is 0.805. The SMILES string of the molecule is NC1CC(NCC2CC=CCC2)c2ccccc21. The molecule has 0 fully saturated rings. The van der Waals surface area contributed by atoms with E-state index in [1.54, 1.807) is 0 Å². The number of rotatable bonds is 3. The molecule has 0 saturated heterocycles. The summed E-state index contributed by atoms with van der Waals surface area (Å²) < 4.78 is 0. The van der Waals surface area contributed by atoms with Crippen LogP contribution in [0.15, 0.2) is 36.4 Å². The lowest BCUT2D eigenvalue weighted by Gasteiger charge is -2.21. The quantitative estimate of drug-likeness (QED) is 0.799. The highest BCUT2D eigenvalue weighted by Crippen LogP contribution is 2.37. The van der Waals surface area contributed by atoms with Gasteiger partial charge in [-0.2, -0.15) is 0 Å². The minimum absolute atomic E-state index is 0.213. The summed E-state index contributed by atoms with van der Waals surface area (Å²) in [6, 6.07) is 9.28. The van der Waals surface area contributed by atoms with Crippen LogP contribution in [0.25, 0.3) is 0 Å². The normalized spacial score (nSPS) is 30.4. The standard InChI is InChI=1S/C16H22N2/c17-15-10-16(14-9-5-4-8-13(14)15)18-11-12-6-2-1-3-7-12/h1-2,4-5,8-9,12,15-16,18H,3,6-7,10-11,17H2. The molecule has 2 heteroatoms. The molecule has 3 atom stereocenters. The highest BCUT2D eigenvalue weighted by Gasteiger charge is 2.28. The molecule has 96 valence electrons. The second-order valence-electron chi connectivity index (χ2n) is 5.58. The fourth-order valence-electron chi connectivity index (χ4n) is 3.22. The first kappa shape index (κ1) is 11.9. The van der Waals surface area contributed by atoms with Gasteiger partial charge in [-0.25, -0.2) is 0 Å². The maximum absolute atomic E-state index is 6.19. The fraction of sp³-hybridized carbons (Fsp3) is 0.500. The van der Waals surface area contributed by atoms with Crippen molar-refractivity contribution in [1.82, 2.24) is 5.32 Å². The Morgan fingerprint density at radius 3 is 2.78 bits per heavy atom. The maximum atomic E-state index is 6.19. The molecule has 0 heterocycles. The van der Waals surface area contributed by atoms with Gasteiger partial charge in [0.15, 0.2) is 0 Å².